The van der Waals surface area contributed by atoms with Gasteiger partial charge < -0.3 is 10.1 Å². The maximum atomic E-state index is 11.8. The Morgan fingerprint density at radius 3 is 2.91 bits per heavy atom. The second-order valence-electron chi connectivity index (χ2n) is 4.76. The zero-order valence-corrected chi connectivity index (χ0v) is 15.9. The molecule has 1 aromatic carbocycles. The van der Waals surface area contributed by atoms with E-state index in [4.69, 9.17) is 17.0 Å². The summed E-state index contributed by atoms with van der Waals surface area (Å²) in [7, 11) is 0. The molecule has 23 heavy (non-hydrogen) atoms. The monoisotopic (exact) mass is 425 g/mol. The summed E-state index contributed by atoms with van der Waals surface area (Å²) in [6.07, 6.45) is 2.67. The van der Waals surface area contributed by atoms with Gasteiger partial charge in [-0.15, -0.1) is 0 Å². The van der Waals surface area contributed by atoms with Crippen molar-refractivity contribution in [1.29, 1.82) is 0 Å². The van der Waals surface area contributed by atoms with Crippen LogP contribution in [0.4, 0.5) is 0 Å². The van der Waals surface area contributed by atoms with E-state index in [-0.39, 0.29) is 5.91 Å². The number of benzene rings is 1. The molecule has 0 atom stereocenters. The van der Waals surface area contributed by atoms with E-state index >= 15 is 0 Å². The third-order valence-corrected chi connectivity index (χ3v) is 5.52. The number of rotatable bonds is 5. The molecule has 1 amide bonds. The number of carbonyl (C=O) groups is 1. The van der Waals surface area contributed by atoms with Crippen LogP contribution in [0.3, 0.4) is 0 Å². The molecule has 1 fully saturated rings. The second-order valence-corrected chi connectivity index (χ2v) is 8.18. The molecule has 2 aromatic rings. The molecule has 3 nitrogen and oxygen atoms in total. The summed E-state index contributed by atoms with van der Waals surface area (Å²) < 4.78 is 7.32. The third-order valence-electron chi connectivity index (χ3n) is 3.13. The van der Waals surface area contributed by atoms with Gasteiger partial charge >= 0.3 is 0 Å². The largest absolute Gasteiger partial charge is 0.493 e. The fourth-order valence-electron chi connectivity index (χ4n) is 2.04. The van der Waals surface area contributed by atoms with Gasteiger partial charge in [-0.05, 0) is 46.7 Å². The van der Waals surface area contributed by atoms with Crippen molar-refractivity contribution in [1.82, 2.24) is 5.32 Å². The SMILES string of the molecule is O=C1NC(=S)S/C1=C\c1cc(Br)ccc1OCCc1ccsc1. The van der Waals surface area contributed by atoms with Gasteiger partial charge in [-0.2, -0.15) is 11.3 Å². The fraction of sp³-hybridized carbons (Fsp3) is 0.125. The van der Waals surface area contributed by atoms with Crippen molar-refractivity contribution in [2.75, 3.05) is 6.61 Å². The lowest BCUT2D eigenvalue weighted by atomic mass is 10.2. The molecule has 1 aliphatic heterocycles. The van der Waals surface area contributed by atoms with Crippen LogP contribution >= 0.6 is 51.2 Å². The van der Waals surface area contributed by atoms with Crippen LogP contribution in [0.5, 0.6) is 5.75 Å². The number of thiophene rings is 1. The number of thioether (sulfide) groups is 1. The highest BCUT2D eigenvalue weighted by atomic mass is 79.9. The topological polar surface area (TPSA) is 38.3 Å². The lowest BCUT2D eigenvalue weighted by Gasteiger charge is -2.10. The Balaban J connectivity index is 1.76. The maximum absolute atomic E-state index is 11.8. The van der Waals surface area contributed by atoms with E-state index in [1.165, 1.54) is 17.3 Å². The normalized spacial score (nSPS) is 16.0. The van der Waals surface area contributed by atoms with Gasteiger partial charge in [-0.25, -0.2) is 0 Å². The van der Waals surface area contributed by atoms with Crippen molar-refractivity contribution in [2.24, 2.45) is 0 Å². The van der Waals surface area contributed by atoms with Gasteiger partial charge in [0, 0.05) is 16.5 Å². The molecule has 118 valence electrons. The Bertz CT molecular complexity index is 772. The molecule has 0 radical (unpaired) electrons. The third kappa shape index (κ3) is 4.44. The predicted octanol–water partition coefficient (Wildman–Crippen LogP) is 4.62. The number of halogens is 1. The Kier molecular flexibility index (Phi) is 5.53. The molecule has 0 unspecified atom stereocenters. The summed E-state index contributed by atoms with van der Waals surface area (Å²) in [6, 6.07) is 7.86. The van der Waals surface area contributed by atoms with Crippen LogP contribution in [-0.2, 0) is 11.2 Å². The molecule has 1 saturated heterocycles. The quantitative estimate of drug-likeness (QED) is 0.559. The first-order valence-electron chi connectivity index (χ1n) is 6.80. The molecule has 0 saturated carbocycles. The predicted molar refractivity (Wildman–Crippen MR) is 104 cm³/mol. The van der Waals surface area contributed by atoms with Crippen molar-refractivity contribution in [3.05, 3.63) is 55.5 Å². The van der Waals surface area contributed by atoms with Crippen LogP contribution in [0, 0.1) is 0 Å². The standard InChI is InChI=1S/C16H12BrNO2S3/c17-12-1-2-13(20-5-3-10-4-6-22-9-10)11(7-12)8-14-15(19)18-16(21)23-14/h1-2,4,6-9H,3,5H2,(H,18,19,21)/b14-8-. The molecular formula is C16H12BrNO2S3. The molecule has 1 N–H and O–H groups in total. The highest BCUT2D eigenvalue weighted by Gasteiger charge is 2.22. The Morgan fingerprint density at radius 1 is 1.35 bits per heavy atom. The van der Waals surface area contributed by atoms with Crippen LogP contribution in [-0.4, -0.2) is 16.8 Å². The van der Waals surface area contributed by atoms with Crippen molar-refractivity contribution in [3.63, 3.8) is 0 Å². The molecule has 3 rings (SSSR count). The van der Waals surface area contributed by atoms with Gasteiger partial charge in [-0.1, -0.05) is 39.9 Å². The van der Waals surface area contributed by atoms with Crippen molar-refractivity contribution in [2.45, 2.75) is 6.42 Å². The van der Waals surface area contributed by atoms with E-state index in [9.17, 15) is 4.79 Å². The number of ether oxygens (including phenoxy) is 1. The summed E-state index contributed by atoms with van der Waals surface area (Å²) in [6.45, 7) is 0.590. The molecule has 1 aliphatic rings. The molecule has 7 heteroatoms. The van der Waals surface area contributed by atoms with E-state index in [0.717, 1.165) is 22.2 Å². The van der Waals surface area contributed by atoms with E-state index < -0.39 is 0 Å². The van der Waals surface area contributed by atoms with E-state index in [2.05, 4.69) is 38.1 Å². The summed E-state index contributed by atoms with van der Waals surface area (Å²) in [5.74, 6) is 0.589. The molecule has 1 aromatic heterocycles. The summed E-state index contributed by atoms with van der Waals surface area (Å²) in [4.78, 5) is 12.4. The lowest BCUT2D eigenvalue weighted by Crippen LogP contribution is -2.17. The Morgan fingerprint density at radius 2 is 2.22 bits per heavy atom. The van der Waals surface area contributed by atoms with Gasteiger partial charge in [0.15, 0.2) is 0 Å². The number of hydrogen-bond acceptors (Lipinski definition) is 5. The first-order valence-corrected chi connectivity index (χ1v) is 9.76. The van der Waals surface area contributed by atoms with Gasteiger partial charge in [0.1, 0.15) is 10.1 Å². The fourth-order valence-corrected chi connectivity index (χ4v) is 4.16. The zero-order chi connectivity index (χ0) is 16.2. The van der Waals surface area contributed by atoms with Gasteiger partial charge in [0.05, 0.1) is 11.5 Å². The number of nitrogens with one attached hydrogen (secondary N) is 1. The smallest absolute Gasteiger partial charge is 0.263 e. The number of hydrogen-bond donors (Lipinski definition) is 1. The molecule has 2 heterocycles. The van der Waals surface area contributed by atoms with Gasteiger partial charge in [0.2, 0.25) is 0 Å². The van der Waals surface area contributed by atoms with Crippen LogP contribution in [0.2, 0.25) is 0 Å². The van der Waals surface area contributed by atoms with Crippen LogP contribution in [0.15, 0.2) is 44.4 Å². The molecule has 0 bridgehead atoms. The van der Waals surface area contributed by atoms with Crippen molar-refractivity contribution in [3.8, 4) is 5.75 Å². The minimum Gasteiger partial charge on any atom is -0.493 e. The maximum Gasteiger partial charge on any atom is 0.263 e. The van der Waals surface area contributed by atoms with Crippen LogP contribution in [0.1, 0.15) is 11.1 Å². The van der Waals surface area contributed by atoms with Gasteiger partial charge in [0.25, 0.3) is 5.91 Å². The van der Waals surface area contributed by atoms with Crippen LogP contribution < -0.4 is 10.1 Å². The number of carbonyl (C=O) groups excluding carboxylic acids is 1. The van der Waals surface area contributed by atoms with Crippen LogP contribution in [0.25, 0.3) is 6.08 Å². The number of thiocarbonyl (C=S) groups is 1. The average molecular weight is 426 g/mol. The first kappa shape index (κ1) is 16.7. The zero-order valence-electron chi connectivity index (χ0n) is 11.9. The highest BCUT2D eigenvalue weighted by Crippen LogP contribution is 2.31. The first-order chi connectivity index (χ1) is 11.1. The minimum atomic E-state index is -0.163. The Labute approximate surface area is 156 Å². The number of amides is 1. The highest BCUT2D eigenvalue weighted by molar-refractivity contribution is 9.10. The van der Waals surface area contributed by atoms with Crippen molar-refractivity contribution < 1.29 is 9.53 Å². The minimum absolute atomic E-state index is 0.163. The van der Waals surface area contributed by atoms with Gasteiger partial charge in [-0.3, -0.25) is 4.79 Å². The molecule has 0 spiro atoms. The molecule has 0 aliphatic carbocycles. The van der Waals surface area contributed by atoms with E-state index in [1.807, 2.05) is 24.3 Å². The summed E-state index contributed by atoms with van der Waals surface area (Å²) in [5.41, 5.74) is 2.12. The second kappa shape index (κ2) is 7.61. The summed E-state index contributed by atoms with van der Waals surface area (Å²) >= 11 is 11.4. The molecular weight excluding hydrogens is 414 g/mol. The lowest BCUT2D eigenvalue weighted by molar-refractivity contribution is -0.115. The summed E-state index contributed by atoms with van der Waals surface area (Å²) in [5, 5.41) is 6.80. The van der Waals surface area contributed by atoms with E-state index in [1.54, 1.807) is 11.3 Å². The van der Waals surface area contributed by atoms with Crippen molar-refractivity contribution >= 4 is 67.6 Å². The van der Waals surface area contributed by atoms with E-state index in [0.29, 0.717) is 15.8 Å². The Hall–Kier alpha value is -1.15. The average Bonchev–Trinajstić information content (AvgIpc) is 3.12.